The number of fused-ring (bicyclic) bond motifs is 2. The summed E-state index contributed by atoms with van der Waals surface area (Å²) in [5.74, 6) is 0.974. The summed E-state index contributed by atoms with van der Waals surface area (Å²) in [6.45, 7) is 0.768. The van der Waals surface area contributed by atoms with E-state index in [1.165, 1.54) is 0 Å². The fraction of sp³-hybridized carbons (Fsp3) is 0.238. The van der Waals surface area contributed by atoms with Crippen molar-refractivity contribution in [3.63, 3.8) is 0 Å². The molecule has 0 bridgehead atoms. The van der Waals surface area contributed by atoms with Gasteiger partial charge in [0.2, 0.25) is 0 Å². The lowest BCUT2D eigenvalue weighted by Crippen LogP contribution is -2.31. The first-order valence-electron chi connectivity index (χ1n) is 9.02. The number of para-hydroxylation sites is 3. The maximum absolute atomic E-state index is 13.3. The van der Waals surface area contributed by atoms with Crippen LogP contribution in [0.1, 0.15) is 35.1 Å². The average molecular weight is 344 g/mol. The first kappa shape index (κ1) is 15.2. The molecule has 2 aromatic heterocycles. The summed E-state index contributed by atoms with van der Waals surface area (Å²) in [6, 6.07) is 16.1. The predicted octanol–water partition coefficient (Wildman–Crippen LogP) is 4.03. The van der Waals surface area contributed by atoms with Gasteiger partial charge in [0.25, 0.3) is 5.91 Å². The van der Waals surface area contributed by atoms with E-state index in [4.69, 9.17) is 4.98 Å². The second-order valence-corrected chi connectivity index (χ2v) is 6.97. The molecule has 0 aliphatic carbocycles. The van der Waals surface area contributed by atoms with Crippen LogP contribution >= 0.6 is 0 Å². The topological polar surface area (TPSA) is 53.9 Å². The number of aromatic nitrogens is 3. The van der Waals surface area contributed by atoms with Gasteiger partial charge >= 0.3 is 0 Å². The van der Waals surface area contributed by atoms with Gasteiger partial charge in [-0.15, -0.1) is 0 Å². The number of hydrogen-bond acceptors (Lipinski definition) is 2. The van der Waals surface area contributed by atoms with Crippen molar-refractivity contribution in [1.82, 2.24) is 19.4 Å². The number of benzene rings is 2. The van der Waals surface area contributed by atoms with Crippen molar-refractivity contribution in [3.8, 4) is 0 Å². The largest absolute Gasteiger partial charge is 0.350 e. The van der Waals surface area contributed by atoms with Crippen molar-refractivity contribution >= 4 is 27.8 Å². The molecule has 4 aromatic rings. The number of aromatic amines is 1. The molecule has 1 saturated heterocycles. The van der Waals surface area contributed by atoms with E-state index in [1.54, 1.807) is 0 Å². The Kier molecular flexibility index (Phi) is 3.35. The third-order valence-corrected chi connectivity index (χ3v) is 5.36. The molecule has 130 valence electrons. The van der Waals surface area contributed by atoms with Crippen LogP contribution in [0, 0.1) is 0 Å². The van der Waals surface area contributed by atoms with Crippen LogP contribution in [0.4, 0.5) is 0 Å². The Balaban J connectivity index is 1.54. The number of aryl methyl sites for hydroxylation is 1. The SMILES string of the molecule is Cn1cc(C(=O)N2CCCC2c2nc3ccccc3[nH]2)c2ccccc21. The van der Waals surface area contributed by atoms with Gasteiger partial charge in [-0.05, 0) is 31.0 Å². The van der Waals surface area contributed by atoms with Crippen molar-refractivity contribution in [2.75, 3.05) is 6.54 Å². The van der Waals surface area contributed by atoms with Gasteiger partial charge in [-0.3, -0.25) is 4.79 Å². The highest BCUT2D eigenvalue weighted by Gasteiger charge is 2.33. The summed E-state index contributed by atoms with van der Waals surface area (Å²) in [7, 11) is 1.99. The van der Waals surface area contributed by atoms with Crippen LogP contribution in [0.2, 0.25) is 0 Å². The molecule has 0 radical (unpaired) electrons. The minimum Gasteiger partial charge on any atom is -0.350 e. The monoisotopic (exact) mass is 344 g/mol. The maximum atomic E-state index is 13.3. The van der Waals surface area contributed by atoms with E-state index in [9.17, 15) is 4.79 Å². The molecule has 1 aliphatic rings. The molecule has 0 saturated carbocycles. The zero-order valence-corrected chi connectivity index (χ0v) is 14.6. The first-order chi connectivity index (χ1) is 12.7. The fourth-order valence-electron chi connectivity index (χ4n) is 4.09. The Bertz CT molecular complexity index is 1090. The van der Waals surface area contributed by atoms with Gasteiger partial charge in [-0.25, -0.2) is 4.98 Å². The van der Waals surface area contributed by atoms with Crippen molar-refractivity contribution < 1.29 is 4.79 Å². The third kappa shape index (κ3) is 2.24. The van der Waals surface area contributed by atoms with E-state index in [0.29, 0.717) is 0 Å². The smallest absolute Gasteiger partial charge is 0.256 e. The van der Waals surface area contributed by atoms with Crippen molar-refractivity contribution in [2.45, 2.75) is 18.9 Å². The Labute approximate surface area is 151 Å². The van der Waals surface area contributed by atoms with Gasteiger partial charge in [-0.1, -0.05) is 30.3 Å². The zero-order valence-electron chi connectivity index (χ0n) is 14.6. The first-order valence-corrected chi connectivity index (χ1v) is 9.02. The van der Waals surface area contributed by atoms with Crippen LogP contribution in [0.3, 0.4) is 0 Å². The van der Waals surface area contributed by atoms with Crippen LogP contribution in [-0.4, -0.2) is 31.9 Å². The molecule has 1 fully saturated rings. The number of hydrogen-bond donors (Lipinski definition) is 1. The van der Waals surface area contributed by atoms with E-state index in [1.807, 2.05) is 71.2 Å². The number of nitrogens with one attached hydrogen (secondary N) is 1. The predicted molar refractivity (Wildman–Crippen MR) is 102 cm³/mol. The van der Waals surface area contributed by atoms with Crippen LogP contribution < -0.4 is 0 Å². The number of carbonyl (C=O) groups is 1. The highest BCUT2D eigenvalue weighted by atomic mass is 16.2. The maximum Gasteiger partial charge on any atom is 0.256 e. The van der Waals surface area contributed by atoms with Gasteiger partial charge in [0.1, 0.15) is 5.82 Å². The molecule has 0 spiro atoms. The van der Waals surface area contributed by atoms with Gasteiger partial charge in [0.05, 0.1) is 22.6 Å². The van der Waals surface area contributed by atoms with E-state index in [2.05, 4.69) is 4.98 Å². The van der Waals surface area contributed by atoms with Crippen LogP contribution in [0.25, 0.3) is 21.9 Å². The van der Waals surface area contributed by atoms with Crippen molar-refractivity contribution in [1.29, 1.82) is 0 Å². The van der Waals surface area contributed by atoms with Gasteiger partial charge < -0.3 is 14.5 Å². The number of carbonyl (C=O) groups excluding carboxylic acids is 1. The molecule has 2 aromatic carbocycles. The highest BCUT2D eigenvalue weighted by Crippen LogP contribution is 2.34. The second kappa shape index (κ2) is 5.73. The zero-order chi connectivity index (χ0) is 17.7. The molecule has 5 heteroatoms. The van der Waals surface area contributed by atoms with Crippen molar-refractivity contribution in [2.24, 2.45) is 7.05 Å². The molecule has 1 atom stereocenters. The quantitative estimate of drug-likeness (QED) is 0.597. The summed E-state index contributed by atoms with van der Waals surface area (Å²) >= 11 is 0. The molecule has 1 aliphatic heterocycles. The molecule has 1 amide bonds. The van der Waals surface area contributed by atoms with Crippen LogP contribution in [0.5, 0.6) is 0 Å². The number of nitrogens with zero attached hydrogens (tertiary/aromatic N) is 3. The molecule has 5 rings (SSSR count). The molecule has 5 nitrogen and oxygen atoms in total. The summed E-state index contributed by atoms with van der Waals surface area (Å²) in [4.78, 5) is 23.5. The Hall–Kier alpha value is -3.08. The minimum atomic E-state index is 0.00821. The Morgan fingerprint density at radius 1 is 1.15 bits per heavy atom. The van der Waals surface area contributed by atoms with E-state index in [0.717, 1.165) is 52.7 Å². The van der Waals surface area contributed by atoms with Crippen LogP contribution in [-0.2, 0) is 7.05 Å². The standard InChI is InChI=1S/C21H20N4O/c1-24-13-15(14-7-2-5-10-18(14)24)21(26)25-12-6-11-19(25)20-22-16-8-3-4-9-17(16)23-20/h2-5,7-10,13,19H,6,11-12H2,1H3,(H,22,23). The average Bonchev–Trinajstić information content (AvgIpc) is 3.38. The summed E-state index contributed by atoms with van der Waals surface area (Å²) < 4.78 is 2.02. The molecule has 26 heavy (non-hydrogen) atoms. The number of amides is 1. The Morgan fingerprint density at radius 3 is 2.85 bits per heavy atom. The van der Waals surface area contributed by atoms with Crippen LogP contribution in [0.15, 0.2) is 54.7 Å². The lowest BCUT2D eigenvalue weighted by molar-refractivity contribution is 0.0732. The summed E-state index contributed by atoms with van der Waals surface area (Å²) in [5.41, 5.74) is 3.82. The van der Waals surface area contributed by atoms with Gasteiger partial charge in [-0.2, -0.15) is 0 Å². The fourth-order valence-corrected chi connectivity index (χ4v) is 4.09. The lowest BCUT2D eigenvalue weighted by atomic mass is 10.1. The molecule has 1 N–H and O–H groups in total. The van der Waals surface area contributed by atoms with E-state index >= 15 is 0 Å². The summed E-state index contributed by atoms with van der Waals surface area (Å²) in [6.07, 6.45) is 3.88. The van der Waals surface area contributed by atoms with Gasteiger partial charge in [0, 0.05) is 30.7 Å². The van der Waals surface area contributed by atoms with Gasteiger partial charge in [0.15, 0.2) is 0 Å². The molecule has 1 unspecified atom stereocenters. The number of H-pyrrole nitrogens is 1. The molecular formula is C21H20N4O. The number of rotatable bonds is 2. The third-order valence-electron chi connectivity index (χ3n) is 5.36. The minimum absolute atomic E-state index is 0.00821. The number of imidazole rings is 1. The van der Waals surface area contributed by atoms with Crippen molar-refractivity contribution in [3.05, 3.63) is 66.1 Å². The number of likely N-dealkylation sites (tertiary alicyclic amines) is 1. The molecule has 3 heterocycles. The lowest BCUT2D eigenvalue weighted by Gasteiger charge is -2.23. The van der Waals surface area contributed by atoms with E-state index < -0.39 is 0 Å². The van der Waals surface area contributed by atoms with E-state index in [-0.39, 0.29) is 11.9 Å². The summed E-state index contributed by atoms with van der Waals surface area (Å²) in [5, 5.41) is 1.01. The highest BCUT2D eigenvalue weighted by molar-refractivity contribution is 6.07. The Morgan fingerprint density at radius 2 is 1.96 bits per heavy atom. The normalized spacial score (nSPS) is 17.4. The second-order valence-electron chi connectivity index (χ2n) is 6.97. The molecular weight excluding hydrogens is 324 g/mol.